The Morgan fingerprint density at radius 1 is 0.778 bits per heavy atom. The second kappa shape index (κ2) is 8.30. The van der Waals surface area contributed by atoms with Crippen molar-refractivity contribution in [1.82, 2.24) is 9.97 Å². The predicted molar refractivity (Wildman–Crippen MR) is 105 cm³/mol. The smallest absolute Gasteiger partial charge is 0.224 e. The van der Waals surface area contributed by atoms with Crippen molar-refractivity contribution in [2.24, 2.45) is 10.2 Å². The van der Waals surface area contributed by atoms with Crippen LogP contribution in [0.25, 0.3) is 0 Å². The molecule has 0 fully saturated rings. The molecule has 6 N–H and O–H groups in total. The molecule has 0 saturated carbocycles. The molecule has 0 aliphatic carbocycles. The number of phenols is 2. The molecule has 27 heavy (non-hydrogen) atoms. The van der Waals surface area contributed by atoms with Gasteiger partial charge in [0, 0.05) is 17.2 Å². The van der Waals surface area contributed by atoms with Gasteiger partial charge in [-0.25, -0.2) is 0 Å². The van der Waals surface area contributed by atoms with Crippen LogP contribution in [0.3, 0.4) is 0 Å². The first-order valence-electron chi connectivity index (χ1n) is 7.90. The summed E-state index contributed by atoms with van der Waals surface area (Å²) in [7, 11) is 0. The number of benzene rings is 2. The molecule has 0 atom stereocenters. The number of aromatic nitrogens is 2. The second-order valence-corrected chi connectivity index (χ2v) is 5.35. The first-order chi connectivity index (χ1) is 13.1. The highest BCUT2D eigenvalue weighted by atomic mass is 16.3. The second-order valence-electron chi connectivity index (χ2n) is 5.35. The first kappa shape index (κ1) is 17.7. The van der Waals surface area contributed by atoms with Crippen molar-refractivity contribution in [3.63, 3.8) is 0 Å². The van der Waals surface area contributed by atoms with E-state index in [1.54, 1.807) is 54.6 Å². The minimum absolute atomic E-state index is 0.0259. The lowest BCUT2D eigenvalue weighted by Crippen LogP contribution is -2.03. The molecule has 0 bridgehead atoms. The SMILES string of the molecule is Nc1nc(N/N=C/c2ccccc2O)cc(N/N=C/c2ccccc2O)n1. The Morgan fingerprint density at radius 3 is 1.67 bits per heavy atom. The number of hydrogen-bond acceptors (Lipinski definition) is 9. The molecule has 3 rings (SSSR count). The third-order valence-corrected chi connectivity index (χ3v) is 3.38. The van der Waals surface area contributed by atoms with Crippen LogP contribution in [0.15, 0.2) is 64.8 Å². The van der Waals surface area contributed by atoms with Crippen molar-refractivity contribution in [2.75, 3.05) is 16.6 Å². The molecule has 0 aliphatic rings. The Kier molecular flexibility index (Phi) is 5.43. The number of nitrogens with one attached hydrogen (secondary N) is 2. The van der Waals surface area contributed by atoms with E-state index < -0.39 is 0 Å². The van der Waals surface area contributed by atoms with Gasteiger partial charge in [-0.15, -0.1) is 0 Å². The van der Waals surface area contributed by atoms with Gasteiger partial charge >= 0.3 is 0 Å². The summed E-state index contributed by atoms with van der Waals surface area (Å²) in [6.07, 6.45) is 2.91. The Labute approximate surface area is 154 Å². The highest BCUT2D eigenvalue weighted by Crippen LogP contribution is 2.16. The van der Waals surface area contributed by atoms with Crippen molar-refractivity contribution in [2.45, 2.75) is 0 Å². The molecule has 2 aromatic carbocycles. The van der Waals surface area contributed by atoms with E-state index in [9.17, 15) is 10.2 Å². The maximum Gasteiger partial charge on any atom is 0.224 e. The molecular formula is C18H17N7O2. The minimum atomic E-state index is 0.0259. The average Bonchev–Trinajstić information content (AvgIpc) is 2.64. The molecular weight excluding hydrogens is 346 g/mol. The van der Waals surface area contributed by atoms with E-state index >= 15 is 0 Å². The van der Waals surface area contributed by atoms with Gasteiger partial charge in [0.05, 0.1) is 12.4 Å². The van der Waals surface area contributed by atoms with Gasteiger partial charge in [0.1, 0.15) is 11.5 Å². The standard InChI is InChI=1S/C18H17N7O2/c19-18-22-16(24-20-10-12-5-1-3-7-14(12)26)9-17(23-18)25-21-11-13-6-2-4-8-15(13)27/h1-11,26-27H,(H4,19,22,23,24,25)/b20-10+,21-11+. The van der Waals surface area contributed by atoms with Crippen molar-refractivity contribution in [3.05, 3.63) is 65.7 Å². The lowest BCUT2D eigenvalue weighted by Gasteiger charge is -2.05. The van der Waals surface area contributed by atoms with Gasteiger partial charge in [0.15, 0.2) is 11.6 Å². The summed E-state index contributed by atoms with van der Waals surface area (Å²) >= 11 is 0. The fraction of sp³-hybridized carbons (Fsp3) is 0. The van der Waals surface area contributed by atoms with Crippen LogP contribution in [0, 0.1) is 0 Å². The van der Waals surface area contributed by atoms with Crippen LogP contribution >= 0.6 is 0 Å². The molecule has 9 heteroatoms. The van der Waals surface area contributed by atoms with Crippen LogP contribution in [0.4, 0.5) is 17.6 Å². The fourth-order valence-corrected chi connectivity index (χ4v) is 2.11. The van der Waals surface area contributed by atoms with Crippen LogP contribution in [0.1, 0.15) is 11.1 Å². The molecule has 1 heterocycles. The van der Waals surface area contributed by atoms with Crippen LogP contribution in [-0.4, -0.2) is 32.6 Å². The monoisotopic (exact) mass is 363 g/mol. The molecule has 0 aliphatic heterocycles. The van der Waals surface area contributed by atoms with Crippen LogP contribution < -0.4 is 16.6 Å². The Hall–Kier alpha value is -4.14. The number of rotatable bonds is 6. The molecule has 3 aromatic rings. The van der Waals surface area contributed by atoms with E-state index in [2.05, 4.69) is 31.0 Å². The van der Waals surface area contributed by atoms with Crippen LogP contribution in [0.2, 0.25) is 0 Å². The number of nitrogens with zero attached hydrogens (tertiary/aromatic N) is 4. The molecule has 136 valence electrons. The molecule has 0 saturated heterocycles. The quantitative estimate of drug-likeness (QED) is 0.334. The summed E-state index contributed by atoms with van der Waals surface area (Å²) in [5.74, 6) is 0.944. The summed E-state index contributed by atoms with van der Waals surface area (Å²) < 4.78 is 0. The van der Waals surface area contributed by atoms with Crippen molar-refractivity contribution < 1.29 is 10.2 Å². The first-order valence-corrected chi connectivity index (χ1v) is 7.90. The lowest BCUT2D eigenvalue weighted by molar-refractivity contribution is 0.474. The average molecular weight is 363 g/mol. The topological polar surface area (TPSA) is 141 Å². The zero-order chi connectivity index (χ0) is 19.1. The number of nitrogen functional groups attached to an aromatic ring is 1. The maximum absolute atomic E-state index is 9.70. The molecule has 0 unspecified atom stereocenters. The molecule has 0 spiro atoms. The van der Waals surface area contributed by atoms with Gasteiger partial charge in [-0.05, 0) is 24.3 Å². The summed E-state index contributed by atoms with van der Waals surface area (Å²) in [6, 6.07) is 15.1. The molecule has 0 amide bonds. The number of aromatic hydroxyl groups is 2. The number of para-hydroxylation sites is 2. The third-order valence-electron chi connectivity index (χ3n) is 3.38. The largest absolute Gasteiger partial charge is 0.507 e. The van der Waals surface area contributed by atoms with Gasteiger partial charge in [-0.2, -0.15) is 20.2 Å². The van der Waals surface area contributed by atoms with Crippen molar-refractivity contribution >= 4 is 30.0 Å². The summed E-state index contributed by atoms with van der Waals surface area (Å²) in [5.41, 5.74) is 12.2. The van der Waals surface area contributed by atoms with E-state index in [4.69, 9.17) is 5.73 Å². The minimum Gasteiger partial charge on any atom is -0.507 e. The zero-order valence-electron chi connectivity index (χ0n) is 14.1. The summed E-state index contributed by atoms with van der Waals surface area (Å²) in [6.45, 7) is 0. The van der Waals surface area contributed by atoms with Gasteiger partial charge in [-0.1, -0.05) is 24.3 Å². The number of hydrazone groups is 2. The molecule has 9 nitrogen and oxygen atoms in total. The highest BCUT2D eigenvalue weighted by molar-refractivity contribution is 5.84. The third kappa shape index (κ3) is 4.92. The predicted octanol–water partition coefficient (Wildman–Crippen LogP) is 2.36. The Morgan fingerprint density at radius 2 is 1.22 bits per heavy atom. The summed E-state index contributed by atoms with van der Waals surface area (Å²) in [5, 5.41) is 27.4. The normalized spacial score (nSPS) is 11.1. The fourth-order valence-electron chi connectivity index (χ4n) is 2.11. The van der Waals surface area contributed by atoms with Gasteiger partial charge in [0.2, 0.25) is 5.95 Å². The van der Waals surface area contributed by atoms with Crippen molar-refractivity contribution in [1.29, 1.82) is 0 Å². The van der Waals surface area contributed by atoms with Crippen molar-refractivity contribution in [3.8, 4) is 11.5 Å². The number of phenolic OH excluding ortho intramolecular Hbond substituents is 2. The van der Waals surface area contributed by atoms with E-state index in [1.165, 1.54) is 12.4 Å². The van der Waals surface area contributed by atoms with E-state index in [-0.39, 0.29) is 17.4 Å². The number of anilines is 3. The van der Waals surface area contributed by atoms with Gasteiger partial charge < -0.3 is 15.9 Å². The van der Waals surface area contributed by atoms with Crippen LogP contribution in [-0.2, 0) is 0 Å². The van der Waals surface area contributed by atoms with Gasteiger partial charge in [0.25, 0.3) is 0 Å². The van der Waals surface area contributed by atoms with Crippen LogP contribution in [0.5, 0.6) is 11.5 Å². The number of nitrogens with two attached hydrogens (primary N) is 1. The lowest BCUT2D eigenvalue weighted by atomic mass is 10.2. The Bertz CT molecular complexity index is 913. The Balaban J connectivity index is 1.67. The molecule has 1 aromatic heterocycles. The van der Waals surface area contributed by atoms with E-state index in [1.807, 2.05) is 0 Å². The van der Waals surface area contributed by atoms with E-state index in [0.29, 0.717) is 22.8 Å². The number of hydrogen-bond donors (Lipinski definition) is 5. The summed E-state index contributed by atoms with van der Waals surface area (Å²) in [4.78, 5) is 8.03. The van der Waals surface area contributed by atoms with Gasteiger partial charge in [-0.3, -0.25) is 10.9 Å². The maximum atomic E-state index is 9.70. The highest BCUT2D eigenvalue weighted by Gasteiger charge is 2.02. The molecule has 0 radical (unpaired) electrons. The van der Waals surface area contributed by atoms with E-state index in [0.717, 1.165) is 0 Å². The zero-order valence-corrected chi connectivity index (χ0v) is 14.1.